The molecule has 3 aliphatic rings. The number of ketones is 1. The van der Waals surface area contributed by atoms with Crippen LogP contribution in [0.5, 0.6) is 5.75 Å². The predicted molar refractivity (Wildman–Crippen MR) is 115 cm³/mol. The van der Waals surface area contributed by atoms with Gasteiger partial charge in [0, 0.05) is 11.5 Å². The molecule has 4 nitrogen and oxygen atoms in total. The van der Waals surface area contributed by atoms with Crippen molar-refractivity contribution in [2.75, 3.05) is 13.7 Å². The van der Waals surface area contributed by atoms with Gasteiger partial charge in [-0.3, -0.25) is 4.79 Å². The van der Waals surface area contributed by atoms with Gasteiger partial charge >= 0.3 is 5.97 Å². The first-order valence-corrected chi connectivity index (χ1v) is 10.8. The minimum Gasteiger partial charge on any atom is -0.497 e. The summed E-state index contributed by atoms with van der Waals surface area (Å²) in [6, 6.07) is 15.4. The lowest BCUT2D eigenvalue weighted by atomic mass is 9.77. The molecule has 0 aromatic heterocycles. The van der Waals surface area contributed by atoms with Gasteiger partial charge in [0.2, 0.25) is 0 Å². The molecule has 154 valence electrons. The molecule has 5 rings (SSSR count). The van der Waals surface area contributed by atoms with Gasteiger partial charge < -0.3 is 9.47 Å². The molecule has 0 amide bonds. The van der Waals surface area contributed by atoms with Gasteiger partial charge in [-0.05, 0) is 84.9 Å². The molecule has 2 aromatic rings. The summed E-state index contributed by atoms with van der Waals surface area (Å²) < 4.78 is 10.4. The van der Waals surface area contributed by atoms with Crippen molar-refractivity contribution in [1.82, 2.24) is 0 Å². The third-order valence-corrected chi connectivity index (χ3v) is 7.15. The molecular formula is C26H26O4. The standard InChI is InChI=1S/C26H26O4/c1-3-30-26(28)17-6-4-15(5-7-17)21-22-18-8-9-19(14-18)24(22)25(27)23(21)16-10-12-20(29-2)13-11-16/h4-7,10-13,18-19,22,24H,3,8-9,14H2,1-2H3/t18-,19+,22?,24?/m1/s1. The molecule has 4 heteroatoms. The fourth-order valence-corrected chi connectivity index (χ4v) is 5.94. The molecule has 0 N–H and O–H groups in total. The highest BCUT2D eigenvalue weighted by Crippen LogP contribution is 2.62. The van der Waals surface area contributed by atoms with E-state index in [1.54, 1.807) is 14.0 Å². The third-order valence-electron chi connectivity index (χ3n) is 7.15. The molecule has 3 aliphatic carbocycles. The zero-order chi connectivity index (χ0) is 20.8. The van der Waals surface area contributed by atoms with Gasteiger partial charge in [-0.15, -0.1) is 0 Å². The van der Waals surface area contributed by atoms with Crippen molar-refractivity contribution in [2.24, 2.45) is 23.7 Å². The maximum Gasteiger partial charge on any atom is 0.338 e. The highest BCUT2D eigenvalue weighted by Gasteiger charge is 2.57. The maximum absolute atomic E-state index is 13.6. The molecule has 4 atom stereocenters. The lowest BCUT2D eigenvalue weighted by Crippen LogP contribution is -2.24. The number of ether oxygens (including phenoxy) is 2. The Bertz CT molecular complexity index is 1020. The van der Waals surface area contributed by atoms with Crippen LogP contribution in [0.3, 0.4) is 0 Å². The van der Waals surface area contributed by atoms with Crippen molar-refractivity contribution in [3.05, 3.63) is 65.2 Å². The second-order valence-corrected chi connectivity index (χ2v) is 8.56. The minimum atomic E-state index is -0.311. The van der Waals surface area contributed by atoms with Crippen molar-refractivity contribution in [3.8, 4) is 5.75 Å². The van der Waals surface area contributed by atoms with Crippen molar-refractivity contribution >= 4 is 22.9 Å². The minimum absolute atomic E-state index is 0.112. The Kier molecular flexibility index (Phi) is 4.73. The van der Waals surface area contributed by atoms with Gasteiger partial charge in [-0.1, -0.05) is 24.3 Å². The summed E-state index contributed by atoms with van der Waals surface area (Å²) in [5.74, 6) is 2.26. The molecule has 2 fully saturated rings. The Morgan fingerprint density at radius 3 is 2.20 bits per heavy atom. The third kappa shape index (κ3) is 2.89. The Hall–Kier alpha value is -2.88. The van der Waals surface area contributed by atoms with Crippen LogP contribution in [-0.4, -0.2) is 25.5 Å². The summed E-state index contributed by atoms with van der Waals surface area (Å²) in [5.41, 5.74) is 4.56. The maximum atomic E-state index is 13.6. The summed E-state index contributed by atoms with van der Waals surface area (Å²) in [7, 11) is 1.65. The normalized spacial score (nSPS) is 26.8. The Balaban J connectivity index is 1.61. The SMILES string of the molecule is CCOC(=O)c1ccc(C2=C(c3ccc(OC)cc3)C(=O)C3C2[C@@H]2CC[C@H]3C2)cc1. The van der Waals surface area contributed by atoms with Crippen LogP contribution >= 0.6 is 0 Å². The van der Waals surface area contributed by atoms with E-state index in [1.165, 1.54) is 19.3 Å². The number of hydrogen-bond acceptors (Lipinski definition) is 4. The van der Waals surface area contributed by atoms with Crippen LogP contribution in [0.2, 0.25) is 0 Å². The largest absolute Gasteiger partial charge is 0.497 e. The zero-order valence-electron chi connectivity index (χ0n) is 17.4. The molecule has 2 aromatic carbocycles. The average molecular weight is 402 g/mol. The van der Waals surface area contributed by atoms with E-state index >= 15 is 0 Å². The van der Waals surface area contributed by atoms with Gasteiger partial charge in [0.1, 0.15) is 5.75 Å². The van der Waals surface area contributed by atoms with Crippen molar-refractivity contribution in [2.45, 2.75) is 26.2 Å². The number of carbonyl (C=O) groups is 2. The average Bonchev–Trinajstić information content (AvgIpc) is 3.47. The molecule has 30 heavy (non-hydrogen) atoms. The summed E-state index contributed by atoms with van der Waals surface area (Å²) in [6.07, 6.45) is 3.54. The Morgan fingerprint density at radius 2 is 1.57 bits per heavy atom. The van der Waals surface area contributed by atoms with Crippen molar-refractivity contribution in [3.63, 3.8) is 0 Å². The van der Waals surface area contributed by atoms with E-state index in [0.29, 0.717) is 35.7 Å². The quantitative estimate of drug-likeness (QED) is 0.659. The van der Waals surface area contributed by atoms with Crippen LogP contribution in [0.4, 0.5) is 0 Å². The lowest BCUT2D eigenvalue weighted by molar-refractivity contribution is -0.118. The van der Waals surface area contributed by atoms with E-state index in [0.717, 1.165) is 28.0 Å². The number of esters is 1. The van der Waals surface area contributed by atoms with Crippen LogP contribution in [-0.2, 0) is 9.53 Å². The second-order valence-electron chi connectivity index (χ2n) is 8.56. The predicted octanol–water partition coefficient (Wildman–Crippen LogP) is 5.03. The number of methoxy groups -OCH3 is 1. The van der Waals surface area contributed by atoms with Gasteiger partial charge in [0.25, 0.3) is 0 Å². The molecule has 0 saturated heterocycles. The number of benzene rings is 2. The topological polar surface area (TPSA) is 52.6 Å². The molecule has 0 aliphatic heterocycles. The second kappa shape index (κ2) is 7.42. The van der Waals surface area contributed by atoms with Crippen molar-refractivity contribution < 1.29 is 19.1 Å². The van der Waals surface area contributed by atoms with Crippen molar-refractivity contribution in [1.29, 1.82) is 0 Å². The first-order valence-electron chi connectivity index (χ1n) is 10.8. The van der Waals surface area contributed by atoms with Gasteiger partial charge in [-0.25, -0.2) is 4.79 Å². The summed E-state index contributed by atoms with van der Waals surface area (Å²) in [5, 5.41) is 0. The zero-order valence-corrected chi connectivity index (χ0v) is 17.4. The van der Waals surface area contributed by atoms with E-state index in [4.69, 9.17) is 9.47 Å². The number of hydrogen-bond donors (Lipinski definition) is 0. The van der Waals surface area contributed by atoms with E-state index < -0.39 is 0 Å². The summed E-state index contributed by atoms with van der Waals surface area (Å²) >= 11 is 0. The van der Waals surface area contributed by atoms with E-state index in [-0.39, 0.29) is 11.9 Å². The molecule has 0 spiro atoms. The van der Waals surface area contributed by atoms with E-state index in [1.807, 2.05) is 48.5 Å². The van der Waals surface area contributed by atoms with Crippen LogP contribution in [0.15, 0.2) is 48.5 Å². The number of Topliss-reactive ketones (excluding diaryl/α,β-unsaturated/α-hetero) is 1. The number of rotatable bonds is 5. The lowest BCUT2D eigenvalue weighted by Gasteiger charge is -2.26. The molecule has 0 radical (unpaired) electrons. The van der Waals surface area contributed by atoms with Gasteiger partial charge in [0.15, 0.2) is 5.78 Å². The monoisotopic (exact) mass is 402 g/mol. The van der Waals surface area contributed by atoms with Crippen LogP contribution in [0.1, 0.15) is 47.7 Å². The summed E-state index contributed by atoms with van der Waals surface area (Å²) in [6.45, 7) is 2.16. The van der Waals surface area contributed by atoms with Crippen LogP contribution < -0.4 is 4.74 Å². The molecule has 0 heterocycles. The first kappa shape index (κ1) is 19.1. The number of carbonyl (C=O) groups excluding carboxylic acids is 2. The summed E-state index contributed by atoms with van der Waals surface area (Å²) in [4.78, 5) is 25.7. The fourth-order valence-electron chi connectivity index (χ4n) is 5.94. The highest BCUT2D eigenvalue weighted by atomic mass is 16.5. The molecule has 2 saturated carbocycles. The Labute approximate surface area is 176 Å². The molecule has 2 bridgehead atoms. The fraction of sp³-hybridized carbons (Fsp3) is 0.385. The van der Waals surface area contributed by atoms with E-state index in [9.17, 15) is 9.59 Å². The van der Waals surface area contributed by atoms with Gasteiger partial charge in [-0.2, -0.15) is 0 Å². The van der Waals surface area contributed by atoms with Crippen LogP contribution in [0, 0.1) is 23.7 Å². The van der Waals surface area contributed by atoms with Gasteiger partial charge in [0.05, 0.1) is 19.3 Å². The van der Waals surface area contributed by atoms with E-state index in [2.05, 4.69) is 0 Å². The molecular weight excluding hydrogens is 376 g/mol. The Morgan fingerprint density at radius 1 is 0.933 bits per heavy atom. The number of fused-ring (bicyclic) bond motifs is 5. The molecule has 2 unspecified atom stereocenters. The number of allylic oxidation sites excluding steroid dienone is 2. The first-order chi connectivity index (χ1) is 14.6. The highest BCUT2D eigenvalue weighted by molar-refractivity contribution is 6.32. The smallest absolute Gasteiger partial charge is 0.338 e. The van der Waals surface area contributed by atoms with Crippen LogP contribution in [0.25, 0.3) is 11.1 Å².